The number of nitrogens with two attached hydrogens (primary N) is 1. The lowest BCUT2D eigenvalue weighted by molar-refractivity contribution is -0.143. The summed E-state index contributed by atoms with van der Waals surface area (Å²) in [5, 5.41) is 18.7. The molecule has 1 unspecified atom stereocenters. The van der Waals surface area contributed by atoms with Crippen molar-refractivity contribution in [2.45, 2.75) is 32.2 Å². The molecule has 4 N–H and O–H groups in total. The Morgan fingerprint density at radius 3 is 2.78 bits per heavy atom. The van der Waals surface area contributed by atoms with Crippen LogP contribution in [0.3, 0.4) is 0 Å². The first-order valence-electron chi connectivity index (χ1n) is 5.95. The number of ether oxygens (including phenoxy) is 1. The van der Waals surface area contributed by atoms with Crippen molar-refractivity contribution >= 4 is 5.97 Å². The van der Waals surface area contributed by atoms with Crippen molar-refractivity contribution in [2.75, 3.05) is 6.61 Å². The number of hydrogen-bond donors (Lipinski definition) is 3. The molecule has 1 rings (SSSR count). The zero-order chi connectivity index (χ0) is 13.5. The molecule has 0 saturated heterocycles. The van der Waals surface area contributed by atoms with Gasteiger partial charge in [0.15, 0.2) is 0 Å². The van der Waals surface area contributed by atoms with E-state index in [1.807, 2.05) is 0 Å². The number of esters is 1. The minimum absolute atomic E-state index is 0.0105. The highest BCUT2D eigenvalue weighted by Crippen LogP contribution is 2.23. The first kappa shape index (κ1) is 14.3. The Morgan fingerprint density at radius 2 is 2.17 bits per heavy atom. The lowest BCUT2D eigenvalue weighted by atomic mass is 10.0. The number of hydrogen-bond acceptors (Lipinski definition) is 5. The highest BCUT2D eigenvalue weighted by molar-refractivity contribution is 5.69. The Kier molecular flexibility index (Phi) is 5.45. The summed E-state index contributed by atoms with van der Waals surface area (Å²) in [6.07, 6.45) is 1.22. The number of carbonyl (C=O) groups excluding carboxylic acids is 1. The van der Waals surface area contributed by atoms with Gasteiger partial charge in [0.05, 0.1) is 6.61 Å². The Hall–Kier alpha value is -1.75. The second-order valence-corrected chi connectivity index (χ2v) is 4.12. The van der Waals surface area contributed by atoms with E-state index < -0.39 is 0 Å². The van der Waals surface area contributed by atoms with Crippen molar-refractivity contribution in [3.8, 4) is 11.5 Å². The van der Waals surface area contributed by atoms with Crippen LogP contribution < -0.4 is 5.73 Å². The summed E-state index contributed by atoms with van der Waals surface area (Å²) < 4.78 is 4.81. The molecule has 0 saturated carbocycles. The summed E-state index contributed by atoms with van der Waals surface area (Å²) in [5.74, 6) is -0.235. The molecular weight excluding hydrogens is 234 g/mol. The van der Waals surface area contributed by atoms with Crippen molar-refractivity contribution in [1.29, 1.82) is 0 Å². The number of rotatable bonds is 6. The Balaban J connectivity index is 2.44. The molecule has 18 heavy (non-hydrogen) atoms. The Labute approximate surface area is 106 Å². The van der Waals surface area contributed by atoms with E-state index in [2.05, 4.69) is 0 Å². The van der Waals surface area contributed by atoms with Crippen molar-refractivity contribution in [2.24, 2.45) is 5.73 Å². The number of phenols is 2. The maximum absolute atomic E-state index is 11.2. The average Bonchev–Trinajstić information content (AvgIpc) is 2.31. The fraction of sp³-hybridized carbons (Fsp3) is 0.462. The molecule has 0 spiro atoms. The first-order valence-corrected chi connectivity index (χ1v) is 5.95. The third-order valence-corrected chi connectivity index (χ3v) is 2.58. The second kappa shape index (κ2) is 6.86. The molecule has 1 aromatic carbocycles. The summed E-state index contributed by atoms with van der Waals surface area (Å²) in [4.78, 5) is 11.2. The predicted molar refractivity (Wildman–Crippen MR) is 67.3 cm³/mol. The van der Waals surface area contributed by atoms with Gasteiger partial charge in [-0.05, 0) is 31.4 Å². The summed E-state index contributed by atoms with van der Waals surface area (Å²) in [5.41, 5.74) is 6.53. The van der Waals surface area contributed by atoms with Crippen LogP contribution in [-0.2, 0) is 16.0 Å². The highest BCUT2D eigenvalue weighted by atomic mass is 16.5. The van der Waals surface area contributed by atoms with Gasteiger partial charge in [-0.25, -0.2) is 0 Å². The number of aromatic hydroxyl groups is 2. The van der Waals surface area contributed by atoms with E-state index >= 15 is 0 Å². The van der Waals surface area contributed by atoms with Crippen LogP contribution in [0.15, 0.2) is 18.2 Å². The predicted octanol–water partition coefficient (Wildman–Crippen LogP) is 1.31. The molecule has 0 heterocycles. The molecule has 1 aromatic rings. The minimum atomic E-state index is -0.261. The van der Waals surface area contributed by atoms with Gasteiger partial charge < -0.3 is 20.7 Å². The van der Waals surface area contributed by atoms with Gasteiger partial charge in [0.25, 0.3) is 0 Å². The molecule has 0 aliphatic heterocycles. The topological polar surface area (TPSA) is 92.8 Å². The first-order chi connectivity index (χ1) is 8.52. The highest BCUT2D eigenvalue weighted by Gasteiger charge is 2.11. The summed E-state index contributed by atoms with van der Waals surface area (Å²) in [6.45, 7) is 2.12. The second-order valence-electron chi connectivity index (χ2n) is 4.12. The van der Waals surface area contributed by atoms with Crippen LogP contribution in [0.2, 0.25) is 0 Å². The molecule has 5 nitrogen and oxygen atoms in total. The van der Waals surface area contributed by atoms with Crippen LogP contribution in [0.1, 0.15) is 25.3 Å². The lowest BCUT2D eigenvalue weighted by Crippen LogP contribution is -2.24. The number of benzene rings is 1. The third kappa shape index (κ3) is 4.63. The Bertz CT molecular complexity index is 406. The van der Waals surface area contributed by atoms with Crippen LogP contribution in [0.4, 0.5) is 0 Å². The smallest absolute Gasteiger partial charge is 0.305 e. The normalized spacial score (nSPS) is 12.1. The van der Waals surface area contributed by atoms with E-state index in [9.17, 15) is 9.90 Å². The van der Waals surface area contributed by atoms with Crippen LogP contribution >= 0.6 is 0 Å². The standard InChI is InChI=1S/C13H19NO4/c1-2-18-13(17)6-4-10(14)7-9-3-5-11(15)8-12(9)16/h3,5,8,10,15-16H,2,4,6-7,14H2,1H3. The molecule has 0 radical (unpaired) electrons. The zero-order valence-corrected chi connectivity index (χ0v) is 10.4. The van der Waals surface area contributed by atoms with E-state index in [0.717, 1.165) is 0 Å². The SMILES string of the molecule is CCOC(=O)CCC(N)Cc1ccc(O)cc1O. The molecule has 0 amide bonds. The minimum Gasteiger partial charge on any atom is -0.508 e. The van der Waals surface area contributed by atoms with Gasteiger partial charge in [-0.2, -0.15) is 0 Å². The molecule has 0 bridgehead atoms. The molecule has 0 fully saturated rings. The summed E-state index contributed by atoms with van der Waals surface area (Å²) in [6, 6.07) is 4.15. The average molecular weight is 253 g/mol. The van der Waals surface area contributed by atoms with Gasteiger partial charge in [0, 0.05) is 18.5 Å². The molecule has 5 heteroatoms. The molecule has 100 valence electrons. The molecule has 1 atom stereocenters. The van der Waals surface area contributed by atoms with E-state index in [-0.39, 0.29) is 29.9 Å². The van der Waals surface area contributed by atoms with Gasteiger partial charge in [-0.15, -0.1) is 0 Å². The van der Waals surface area contributed by atoms with Gasteiger partial charge in [-0.3, -0.25) is 4.79 Å². The van der Waals surface area contributed by atoms with Crippen LogP contribution in [0.25, 0.3) is 0 Å². The monoisotopic (exact) mass is 253 g/mol. The van der Waals surface area contributed by atoms with Crippen molar-refractivity contribution in [3.63, 3.8) is 0 Å². The Morgan fingerprint density at radius 1 is 1.44 bits per heavy atom. The van der Waals surface area contributed by atoms with Crippen LogP contribution in [0, 0.1) is 0 Å². The lowest BCUT2D eigenvalue weighted by Gasteiger charge is -2.12. The van der Waals surface area contributed by atoms with Gasteiger partial charge >= 0.3 is 5.97 Å². The van der Waals surface area contributed by atoms with Crippen molar-refractivity contribution < 1.29 is 19.7 Å². The molecular formula is C13H19NO4. The summed E-state index contributed by atoms with van der Waals surface area (Å²) in [7, 11) is 0. The van der Waals surface area contributed by atoms with E-state index in [4.69, 9.17) is 15.6 Å². The maximum atomic E-state index is 11.2. The van der Waals surface area contributed by atoms with Gasteiger partial charge in [0.2, 0.25) is 0 Å². The van der Waals surface area contributed by atoms with Crippen molar-refractivity contribution in [3.05, 3.63) is 23.8 Å². The molecule has 0 aliphatic carbocycles. The van der Waals surface area contributed by atoms with Crippen LogP contribution in [0.5, 0.6) is 11.5 Å². The number of carbonyl (C=O) groups is 1. The fourth-order valence-electron chi connectivity index (χ4n) is 1.65. The van der Waals surface area contributed by atoms with E-state index in [1.54, 1.807) is 13.0 Å². The van der Waals surface area contributed by atoms with E-state index in [0.29, 0.717) is 25.0 Å². The van der Waals surface area contributed by atoms with Gasteiger partial charge in [0.1, 0.15) is 11.5 Å². The number of phenolic OH excluding ortho intramolecular Hbond substituents is 2. The summed E-state index contributed by atoms with van der Waals surface area (Å²) >= 11 is 0. The third-order valence-electron chi connectivity index (χ3n) is 2.58. The quantitative estimate of drug-likeness (QED) is 0.665. The van der Waals surface area contributed by atoms with Crippen LogP contribution in [-0.4, -0.2) is 28.8 Å². The van der Waals surface area contributed by atoms with E-state index in [1.165, 1.54) is 12.1 Å². The molecule has 0 aromatic heterocycles. The fourth-order valence-corrected chi connectivity index (χ4v) is 1.65. The maximum Gasteiger partial charge on any atom is 0.305 e. The molecule has 0 aliphatic rings. The largest absolute Gasteiger partial charge is 0.508 e. The van der Waals surface area contributed by atoms with Gasteiger partial charge in [-0.1, -0.05) is 6.07 Å². The zero-order valence-electron chi connectivity index (χ0n) is 10.4. The van der Waals surface area contributed by atoms with Crippen molar-refractivity contribution in [1.82, 2.24) is 0 Å².